The highest BCUT2D eigenvalue weighted by molar-refractivity contribution is 5.75. The maximum atomic E-state index is 12.1. The van der Waals surface area contributed by atoms with E-state index in [0.717, 1.165) is 0 Å². The summed E-state index contributed by atoms with van der Waals surface area (Å²) in [6, 6.07) is 0. The van der Waals surface area contributed by atoms with Gasteiger partial charge in [-0.1, -0.05) is 27.7 Å². The Balaban J connectivity index is 1.84. The van der Waals surface area contributed by atoms with Gasteiger partial charge in [-0.3, -0.25) is 4.79 Å². The highest BCUT2D eigenvalue weighted by Crippen LogP contribution is 2.39. The topological polar surface area (TPSA) is 72.5 Å². The van der Waals surface area contributed by atoms with Crippen molar-refractivity contribution in [2.75, 3.05) is 39.6 Å². The van der Waals surface area contributed by atoms with Crippen LogP contribution in [-0.2, 0) is 33.2 Å². The van der Waals surface area contributed by atoms with Crippen LogP contribution in [0, 0.1) is 21.7 Å². The lowest BCUT2D eigenvalue weighted by Gasteiger charge is -2.48. The Hall–Kier alpha value is -0.730. The summed E-state index contributed by atoms with van der Waals surface area (Å²) in [7, 11) is 0. The monoisotopic (exact) mass is 444 g/mol. The highest BCUT2D eigenvalue weighted by atomic mass is 16.7. The van der Waals surface area contributed by atoms with Crippen molar-refractivity contribution in [1.29, 1.82) is 0 Å². The predicted octanol–water partition coefficient (Wildman–Crippen LogP) is 4.18. The van der Waals surface area contributed by atoms with Crippen LogP contribution in [0.15, 0.2) is 0 Å². The molecule has 31 heavy (non-hydrogen) atoms. The zero-order valence-corrected chi connectivity index (χ0v) is 21.3. The van der Waals surface area contributed by atoms with E-state index < -0.39 is 17.1 Å². The quantitative estimate of drug-likeness (QED) is 0.569. The van der Waals surface area contributed by atoms with Crippen molar-refractivity contribution in [2.24, 2.45) is 21.7 Å². The van der Waals surface area contributed by atoms with Crippen molar-refractivity contribution in [1.82, 2.24) is 0 Å². The predicted molar refractivity (Wildman–Crippen MR) is 117 cm³/mol. The van der Waals surface area contributed by atoms with Crippen LogP contribution >= 0.6 is 0 Å². The molecule has 0 aromatic carbocycles. The van der Waals surface area contributed by atoms with E-state index in [2.05, 4.69) is 13.8 Å². The maximum Gasteiger partial charge on any atom is 0.311 e. The van der Waals surface area contributed by atoms with E-state index in [1.807, 2.05) is 55.4 Å². The summed E-state index contributed by atoms with van der Waals surface area (Å²) in [6.07, 6.45) is -0.799. The molecule has 0 aliphatic carbocycles. The largest absolute Gasteiger partial charge is 0.465 e. The Morgan fingerprint density at radius 1 is 0.742 bits per heavy atom. The minimum atomic E-state index is -0.534. The van der Waals surface area contributed by atoms with E-state index in [-0.39, 0.29) is 35.3 Å². The number of carbonyl (C=O) groups is 1. The van der Waals surface area contributed by atoms with E-state index in [1.54, 1.807) is 0 Å². The molecule has 7 heteroatoms. The first-order valence-corrected chi connectivity index (χ1v) is 11.2. The van der Waals surface area contributed by atoms with Crippen molar-refractivity contribution in [3.63, 3.8) is 0 Å². The smallest absolute Gasteiger partial charge is 0.311 e. The van der Waals surface area contributed by atoms with Crippen molar-refractivity contribution < 1.29 is 33.2 Å². The SMILES string of the molecule is CC(C)(C)OCC(C)(C)C1OCC2(COC(C(C)(C)COC(=O)C(C)(C)C)OC2)CO1. The number of rotatable bonds is 6. The molecule has 0 N–H and O–H groups in total. The first kappa shape index (κ1) is 26.5. The van der Waals surface area contributed by atoms with Crippen molar-refractivity contribution in [2.45, 2.75) is 87.4 Å². The van der Waals surface area contributed by atoms with E-state index in [0.29, 0.717) is 33.0 Å². The van der Waals surface area contributed by atoms with Gasteiger partial charge in [0.2, 0.25) is 0 Å². The molecule has 2 rings (SSSR count). The third-order valence-corrected chi connectivity index (χ3v) is 5.50. The van der Waals surface area contributed by atoms with Gasteiger partial charge < -0.3 is 28.4 Å². The van der Waals surface area contributed by atoms with Gasteiger partial charge in [0.1, 0.15) is 6.61 Å². The molecule has 1 spiro atoms. The average Bonchev–Trinajstić information content (AvgIpc) is 2.64. The van der Waals surface area contributed by atoms with Crippen LogP contribution in [0.3, 0.4) is 0 Å². The summed E-state index contributed by atoms with van der Waals surface area (Å²) in [5.74, 6) is -0.231. The van der Waals surface area contributed by atoms with Crippen LogP contribution < -0.4 is 0 Å². The van der Waals surface area contributed by atoms with Crippen LogP contribution in [-0.4, -0.2) is 63.8 Å². The summed E-state index contributed by atoms with van der Waals surface area (Å²) < 4.78 is 35.8. The molecule has 2 saturated heterocycles. The third kappa shape index (κ3) is 7.39. The minimum Gasteiger partial charge on any atom is -0.465 e. The third-order valence-electron chi connectivity index (χ3n) is 5.50. The maximum absolute atomic E-state index is 12.1. The van der Waals surface area contributed by atoms with Crippen molar-refractivity contribution in [3.05, 3.63) is 0 Å². The summed E-state index contributed by atoms with van der Waals surface area (Å²) in [4.78, 5) is 12.1. The minimum absolute atomic E-state index is 0.207. The van der Waals surface area contributed by atoms with Gasteiger partial charge >= 0.3 is 5.97 Å². The number of carbonyl (C=O) groups excluding carboxylic acids is 1. The lowest BCUT2D eigenvalue weighted by Crippen LogP contribution is -2.57. The summed E-state index contributed by atoms with van der Waals surface area (Å²) in [6.45, 7) is 22.5. The fourth-order valence-electron chi connectivity index (χ4n) is 3.27. The fourth-order valence-corrected chi connectivity index (χ4v) is 3.27. The molecule has 0 unspecified atom stereocenters. The Kier molecular flexibility index (Phi) is 7.92. The summed E-state index contributed by atoms with van der Waals surface area (Å²) in [5.41, 5.74) is -1.80. The molecular weight excluding hydrogens is 400 g/mol. The number of esters is 1. The van der Waals surface area contributed by atoms with Gasteiger partial charge in [-0.15, -0.1) is 0 Å². The van der Waals surface area contributed by atoms with E-state index in [1.165, 1.54) is 0 Å². The van der Waals surface area contributed by atoms with E-state index in [4.69, 9.17) is 28.4 Å². The first-order valence-electron chi connectivity index (χ1n) is 11.2. The molecular formula is C24H44O7. The van der Waals surface area contributed by atoms with Gasteiger partial charge in [0.05, 0.1) is 49.5 Å². The number of hydrogen-bond donors (Lipinski definition) is 0. The van der Waals surface area contributed by atoms with Crippen LogP contribution in [0.4, 0.5) is 0 Å². The molecule has 2 heterocycles. The van der Waals surface area contributed by atoms with E-state index >= 15 is 0 Å². The Morgan fingerprint density at radius 2 is 1.13 bits per heavy atom. The molecule has 0 amide bonds. The molecule has 2 aliphatic heterocycles. The number of ether oxygens (including phenoxy) is 6. The molecule has 7 nitrogen and oxygen atoms in total. The second kappa shape index (κ2) is 9.26. The van der Waals surface area contributed by atoms with Crippen LogP contribution in [0.1, 0.15) is 69.2 Å². The zero-order chi connectivity index (χ0) is 23.7. The standard InChI is InChI=1S/C24H44O7/c1-20(2,3)17(25)26-11-22(7,8)18-27-13-24(14-28-18)15-29-19(30-16-24)23(9,10)12-31-21(4,5)6/h18-19H,11-16H2,1-10H3. The number of hydrogen-bond acceptors (Lipinski definition) is 7. The van der Waals surface area contributed by atoms with Crippen LogP contribution in [0.25, 0.3) is 0 Å². The molecule has 0 atom stereocenters. The molecule has 0 aromatic rings. The molecule has 0 bridgehead atoms. The lowest BCUT2D eigenvalue weighted by molar-refractivity contribution is -0.338. The van der Waals surface area contributed by atoms with Crippen molar-refractivity contribution in [3.8, 4) is 0 Å². The van der Waals surface area contributed by atoms with Gasteiger partial charge in [0.25, 0.3) is 0 Å². The Bertz CT molecular complexity index is 594. The van der Waals surface area contributed by atoms with Crippen LogP contribution in [0.2, 0.25) is 0 Å². The molecule has 0 aromatic heterocycles. The molecule has 0 saturated carbocycles. The van der Waals surface area contributed by atoms with E-state index in [9.17, 15) is 4.79 Å². The van der Waals surface area contributed by atoms with Crippen LogP contribution in [0.5, 0.6) is 0 Å². The van der Waals surface area contributed by atoms with Gasteiger partial charge in [-0.05, 0) is 41.5 Å². The Morgan fingerprint density at radius 3 is 1.48 bits per heavy atom. The molecule has 2 fully saturated rings. The van der Waals surface area contributed by atoms with Gasteiger partial charge in [0.15, 0.2) is 12.6 Å². The Labute approximate surface area is 188 Å². The highest BCUT2D eigenvalue weighted by Gasteiger charge is 2.48. The second-order valence-electron chi connectivity index (χ2n) is 12.6. The van der Waals surface area contributed by atoms with Gasteiger partial charge in [0, 0.05) is 10.8 Å². The normalized spacial score (nSPS) is 28.6. The lowest BCUT2D eigenvalue weighted by atomic mass is 9.86. The molecule has 182 valence electrons. The second-order valence-corrected chi connectivity index (χ2v) is 12.6. The average molecular weight is 445 g/mol. The molecule has 2 aliphatic rings. The fraction of sp³-hybridized carbons (Fsp3) is 0.958. The van der Waals surface area contributed by atoms with Crippen molar-refractivity contribution >= 4 is 5.97 Å². The zero-order valence-electron chi connectivity index (χ0n) is 21.3. The van der Waals surface area contributed by atoms with Gasteiger partial charge in [-0.2, -0.15) is 0 Å². The summed E-state index contributed by atoms with van der Waals surface area (Å²) in [5, 5.41) is 0. The molecule has 0 radical (unpaired) electrons. The van der Waals surface area contributed by atoms with Gasteiger partial charge in [-0.25, -0.2) is 0 Å². The first-order chi connectivity index (χ1) is 14.0. The summed E-state index contributed by atoms with van der Waals surface area (Å²) >= 11 is 0.